The Bertz CT molecular complexity index is 771. The van der Waals surface area contributed by atoms with E-state index in [1.54, 1.807) is 30.3 Å². The molecule has 0 atom stereocenters. The fraction of sp³-hybridized carbons (Fsp3) is 0.125. The van der Waals surface area contributed by atoms with Crippen molar-refractivity contribution in [1.82, 2.24) is 0 Å². The number of nitrogens with two attached hydrogens (primary N) is 1. The molecule has 0 unspecified atom stereocenters. The molecule has 0 bridgehead atoms. The molecule has 0 aromatic heterocycles. The van der Waals surface area contributed by atoms with Crippen molar-refractivity contribution in [1.29, 1.82) is 0 Å². The number of hydrogen-bond donors (Lipinski definition) is 1. The number of nitrogen functional groups attached to an aromatic ring is 1. The van der Waals surface area contributed by atoms with E-state index in [9.17, 15) is 9.59 Å². The van der Waals surface area contributed by atoms with Gasteiger partial charge in [-0.3, -0.25) is 9.59 Å². The third-order valence-corrected chi connectivity index (χ3v) is 3.81. The van der Waals surface area contributed by atoms with E-state index >= 15 is 0 Å². The molecule has 0 saturated heterocycles. The van der Waals surface area contributed by atoms with Crippen LogP contribution in [0, 0.1) is 0 Å². The van der Waals surface area contributed by atoms with Gasteiger partial charge in [0.25, 0.3) is 11.8 Å². The number of imide groups is 1. The summed E-state index contributed by atoms with van der Waals surface area (Å²) >= 11 is 5.91. The molecular formula is C16H13ClN2O2. The highest BCUT2D eigenvalue weighted by molar-refractivity contribution is 6.36. The van der Waals surface area contributed by atoms with Crippen molar-refractivity contribution in [3.8, 4) is 0 Å². The fourth-order valence-corrected chi connectivity index (χ4v) is 2.71. The molecule has 21 heavy (non-hydrogen) atoms. The number of halogens is 1. The Labute approximate surface area is 127 Å². The van der Waals surface area contributed by atoms with Crippen molar-refractivity contribution in [3.63, 3.8) is 0 Å². The molecule has 2 aromatic rings. The Hall–Kier alpha value is -2.33. The molecule has 106 valence electrons. The predicted molar refractivity (Wildman–Crippen MR) is 82.8 cm³/mol. The standard InChI is InChI=1S/C16H13ClN2O2/c1-2-9-7-11(18)4-6-14(9)19-15(20)12-5-3-10(17)8-13(12)16(19)21/h3-8H,2,18H2,1H3. The fourth-order valence-electron chi connectivity index (χ4n) is 2.54. The van der Waals surface area contributed by atoms with Crippen LogP contribution in [0.3, 0.4) is 0 Å². The second kappa shape index (κ2) is 4.90. The average Bonchev–Trinajstić information content (AvgIpc) is 2.71. The molecule has 0 spiro atoms. The van der Waals surface area contributed by atoms with Gasteiger partial charge >= 0.3 is 0 Å². The van der Waals surface area contributed by atoms with Crippen LogP contribution in [-0.2, 0) is 6.42 Å². The van der Waals surface area contributed by atoms with Crippen LogP contribution < -0.4 is 10.6 Å². The van der Waals surface area contributed by atoms with E-state index in [1.165, 1.54) is 11.0 Å². The molecule has 1 heterocycles. The summed E-state index contributed by atoms with van der Waals surface area (Å²) in [7, 11) is 0. The first-order valence-electron chi connectivity index (χ1n) is 6.59. The van der Waals surface area contributed by atoms with Crippen LogP contribution in [-0.4, -0.2) is 11.8 Å². The molecule has 0 saturated carbocycles. The van der Waals surface area contributed by atoms with E-state index in [4.69, 9.17) is 17.3 Å². The third kappa shape index (κ3) is 2.08. The number of rotatable bonds is 2. The topological polar surface area (TPSA) is 63.4 Å². The normalized spacial score (nSPS) is 13.7. The van der Waals surface area contributed by atoms with E-state index in [-0.39, 0.29) is 11.8 Å². The van der Waals surface area contributed by atoms with Gasteiger partial charge in [0.15, 0.2) is 0 Å². The number of carbonyl (C=O) groups is 2. The molecule has 4 nitrogen and oxygen atoms in total. The first kappa shape index (κ1) is 13.6. The van der Waals surface area contributed by atoms with Gasteiger partial charge in [0.1, 0.15) is 0 Å². The number of nitrogens with zero attached hydrogens (tertiary/aromatic N) is 1. The minimum Gasteiger partial charge on any atom is -0.399 e. The van der Waals surface area contributed by atoms with Crippen molar-refractivity contribution in [3.05, 3.63) is 58.1 Å². The molecule has 3 rings (SSSR count). The zero-order valence-corrected chi connectivity index (χ0v) is 12.1. The number of anilines is 2. The maximum Gasteiger partial charge on any atom is 0.266 e. The van der Waals surface area contributed by atoms with Gasteiger partial charge in [-0.25, -0.2) is 4.90 Å². The first-order valence-corrected chi connectivity index (χ1v) is 6.97. The Balaban J connectivity index is 2.14. The Morgan fingerprint density at radius 1 is 1.05 bits per heavy atom. The third-order valence-electron chi connectivity index (χ3n) is 3.57. The summed E-state index contributed by atoms with van der Waals surface area (Å²) < 4.78 is 0. The van der Waals surface area contributed by atoms with Crippen molar-refractivity contribution in [2.45, 2.75) is 13.3 Å². The summed E-state index contributed by atoms with van der Waals surface area (Å²) in [6.07, 6.45) is 0.675. The molecule has 2 aromatic carbocycles. The van der Waals surface area contributed by atoms with E-state index in [0.29, 0.717) is 33.9 Å². The lowest BCUT2D eigenvalue weighted by Gasteiger charge is -2.18. The summed E-state index contributed by atoms with van der Waals surface area (Å²) in [4.78, 5) is 26.2. The minimum atomic E-state index is -0.350. The zero-order valence-electron chi connectivity index (χ0n) is 11.4. The summed E-state index contributed by atoms with van der Waals surface area (Å²) in [6.45, 7) is 1.95. The molecule has 1 aliphatic rings. The van der Waals surface area contributed by atoms with Gasteiger partial charge in [0.2, 0.25) is 0 Å². The lowest BCUT2D eigenvalue weighted by atomic mass is 10.1. The zero-order chi connectivity index (χ0) is 15.1. The largest absolute Gasteiger partial charge is 0.399 e. The molecule has 0 radical (unpaired) electrons. The van der Waals surface area contributed by atoms with Crippen LogP contribution in [0.25, 0.3) is 0 Å². The first-order chi connectivity index (χ1) is 10.0. The van der Waals surface area contributed by atoms with E-state index in [2.05, 4.69) is 0 Å². The van der Waals surface area contributed by atoms with Gasteiger partial charge in [-0.2, -0.15) is 0 Å². The average molecular weight is 301 g/mol. The van der Waals surface area contributed by atoms with Crippen molar-refractivity contribution < 1.29 is 9.59 Å². The highest BCUT2D eigenvalue weighted by Gasteiger charge is 2.37. The van der Waals surface area contributed by atoms with Crippen molar-refractivity contribution >= 4 is 34.8 Å². The van der Waals surface area contributed by atoms with Crippen LogP contribution in [0.1, 0.15) is 33.2 Å². The summed E-state index contributed by atoms with van der Waals surface area (Å²) in [5.41, 5.74) is 8.53. The number of amides is 2. The number of carbonyl (C=O) groups excluding carboxylic acids is 2. The van der Waals surface area contributed by atoms with E-state index < -0.39 is 0 Å². The summed E-state index contributed by atoms with van der Waals surface area (Å²) in [5.74, 6) is -0.678. The number of fused-ring (bicyclic) bond motifs is 1. The quantitative estimate of drug-likeness (QED) is 0.684. The summed E-state index contributed by atoms with van der Waals surface area (Å²) in [5, 5.41) is 0.435. The molecule has 5 heteroatoms. The van der Waals surface area contributed by atoms with Crippen LogP contribution >= 0.6 is 11.6 Å². The second-order valence-corrected chi connectivity index (χ2v) is 5.31. The molecule has 0 fully saturated rings. The van der Waals surface area contributed by atoms with Gasteiger partial charge in [-0.1, -0.05) is 18.5 Å². The van der Waals surface area contributed by atoms with Crippen LogP contribution in [0.4, 0.5) is 11.4 Å². The second-order valence-electron chi connectivity index (χ2n) is 4.88. The van der Waals surface area contributed by atoms with Crippen molar-refractivity contribution in [2.75, 3.05) is 10.6 Å². The Morgan fingerprint density at radius 3 is 2.48 bits per heavy atom. The van der Waals surface area contributed by atoms with Gasteiger partial charge in [-0.15, -0.1) is 0 Å². The Kier molecular flexibility index (Phi) is 3.18. The lowest BCUT2D eigenvalue weighted by molar-refractivity contribution is 0.0926. The van der Waals surface area contributed by atoms with Gasteiger partial charge in [0.05, 0.1) is 16.8 Å². The van der Waals surface area contributed by atoms with Crippen LogP contribution in [0.2, 0.25) is 5.02 Å². The van der Waals surface area contributed by atoms with Crippen LogP contribution in [0.5, 0.6) is 0 Å². The Morgan fingerprint density at radius 2 is 1.76 bits per heavy atom. The van der Waals surface area contributed by atoms with Crippen molar-refractivity contribution in [2.24, 2.45) is 0 Å². The lowest BCUT2D eigenvalue weighted by Crippen LogP contribution is -2.30. The molecular weight excluding hydrogens is 288 g/mol. The van der Waals surface area contributed by atoms with Crippen LogP contribution in [0.15, 0.2) is 36.4 Å². The highest BCUT2D eigenvalue weighted by atomic mass is 35.5. The minimum absolute atomic E-state index is 0.328. The molecule has 2 N–H and O–H groups in total. The maximum atomic E-state index is 12.5. The number of benzene rings is 2. The van der Waals surface area contributed by atoms with E-state index in [1.807, 2.05) is 6.92 Å². The maximum absolute atomic E-state index is 12.5. The number of aryl methyl sites for hydroxylation is 1. The summed E-state index contributed by atoms with van der Waals surface area (Å²) in [6, 6.07) is 9.90. The van der Waals surface area contributed by atoms with Gasteiger partial charge < -0.3 is 5.73 Å². The van der Waals surface area contributed by atoms with E-state index in [0.717, 1.165) is 5.56 Å². The van der Waals surface area contributed by atoms with Gasteiger partial charge in [-0.05, 0) is 48.4 Å². The molecule has 2 amide bonds. The predicted octanol–water partition coefficient (Wildman–Crippen LogP) is 3.29. The van der Waals surface area contributed by atoms with Gasteiger partial charge in [0, 0.05) is 10.7 Å². The monoisotopic (exact) mass is 300 g/mol. The highest BCUT2D eigenvalue weighted by Crippen LogP contribution is 2.33. The molecule has 0 aliphatic carbocycles. The SMILES string of the molecule is CCc1cc(N)ccc1N1C(=O)c2ccc(Cl)cc2C1=O. The molecule has 1 aliphatic heterocycles. The number of hydrogen-bond acceptors (Lipinski definition) is 3. The smallest absolute Gasteiger partial charge is 0.266 e.